The van der Waals surface area contributed by atoms with E-state index in [9.17, 15) is 0 Å². The highest BCUT2D eigenvalue weighted by Crippen LogP contribution is 2.27. The number of hydrogen-bond donors (Lipinski definition) is 0. The first-order valence-corrected chi connectivity index (χ1v) is 14.2. The molecule has 206 valence electrons. The van der Waals surface area contributed by atoms with Gasteiger partial charge in [0.05, 0.1) is 0 Å². The second-order valence-electron chi connectivity index (χ2n) is 10.1. The number of benzene rings is 3. The van der Waals surface area contributed by atoms with E-state index < -0.39 is 0 Å². The predicted octanol–water partition coefficient (Wildman–Crippen LogP) is 10.1. The molecule has 0 N–H and O–H groups in total. The van der Waals surface area contributed by atoms with Gasteiger partial charge in [0.25, 0.3) is 0 Å². The van der Waals surface area contributed by atoms with E-state index in [1.54, 1.807) is 0 Å². The summed E-state index contributed by atoms with van der Waals surface area (Å²) in [6.07, 6.45) is 6.19. The summed E-state index contributed by atoms with van der Waals surface area (Å²) in [5.41, 5.74) is 11.5. The Morgan fingerprint density at radius 2 is 1.32 bits per heavy atom. The van der Waals surface area contributed by atoms with Crippen molar-refractivity contribution in [2.45, 2.75) is 60.3 Å². The lowest BCUT2D eigenvalue weighted by atomic mass is 9.89. The van der Waals surface area contributed by atoms with E-state index in [1.807, 2.05) is 50.4 Å². The van der Waals surface area contributed by atoms with Crippen LogP contribution < -0.4 is 0 Å². The fourth-order valence-electron chi connectivity index (χ4n) is 4.33. The number of hydrogen-bond acceptors (Lipinski definition) is 1. The van der Waals surface area contributed by atoms with Crippen LogP contribution in [-0.2, 0) is 12.8 Å². The SMILES string of the molecule is C=C(C#Cc1ccccc1)/C=C(/C(=C)CCC)C(C(C)=NC)=C(C)C.CCc1ccc(Cc2ccccc2)cc1. The second kappa shape index (κ2) is 17.4. The van der Waals surface area contributed by atoms with Crippen molar-refractivity contribution in [3.05, 3.63) is 154 Å². The Morgan fingerprint density at radius 1 is 0.775 bits per heavy atom. The largest absolute Gasteiger partial charge is 0.293 e. The molecule has 0 radical (unpaired) electrons. The van der Waals surface area contributed by atoms with Gasteiger partial charge in [-0.25, -0.2) is 0 Å². The van der Waals surface area contributed by atoms with Gasteiger partial charge in [-0.1, -0.05) is 124 Å². The Hall–Kier alpha value is -4.15. The molecular formula is C39H45N. The topological polar surface area (TPSA) is 12.4 Å². The van der Waals surface area contributed by atoms with E-state index in [0.717, 1.165) is 59.3 Å². The summed E-state index contributed by atoms with van der Waals surface area (Å²) in [6, 6.07) is 29.4. The van der Waals surface area contributed by atoms with E-state index in [4.69, 9.17) is 0 Å². The maximum absolute atomic E-state index is 4.39. The molecule has 0 saturated carbocycles. The quantitative estimate of drug-likeness (QED) is 0.149. The molecule has 0 aliphatic carbocycles. The van der Waals surface area contributed by atoms with Crippen molar-refractivity contribution in [1.82, 2.24) is 0 Å². The van der Waals surface area contributed by atoms with Gasteiger partial charge in [-0.05, 0) is 86.1 Å². The highest BCUT2D eigenvalue weighted by Gasteiger charge is 2.13. The summed E-state index contributed by atoms with van der Waals surface area (Å²) in [4.78, 5) is 4.39. The van der Waals surface area contributed by atoms with Crippen molar-refractivity contribution < 1.29 is 0 Å². The molecule has 0 aliphatic heterocycles. The summed E-state index contributed by atoms with van der Waals surface area (Å²) in [5, 5.41) is 0. The van der Waals surface area contributed by atoms with Crippen LogP contribution in [-0.4, -0.2) is 12.8 Å². The third-order valence-corrected chi connectivity index (χ3v) is 6.54. The number of nitrogens with zero attached hydrogens (tertiary/aromatic N) is 1. The minimum absolute atomic E-state index is 0.777. The molecule has 0 fully saturated rings. The van der Waals surface area contributed by atoms with Crippen LogP contribution in [0.15, 0.2) is 137 Å². The van der Waals surface area contributed by atoms with Gasteiger partial charge < -0.3 is 0 Å². The third kappa shape index (κ3) is 10.9. The zero-order chi connectivity index (χ0) is 29.3. The van der Waals surface area contributed by atoms with Crippen molar-refractivity contribution >= 4 is 5.71 Å². The van der Waals surface area contributed by atoms with Gasteiger partial charge in [-0.2, -0.15) is 0 Å². The number of allylic oxidation sites excluding steroid dienone is 6. The normalized spacial score (nSPS) is 10.9. The van der Waals surface area contributed by atoms with Crippen molar-refractivity contribution in [3.8, 4) is 11.8 Å². The highest BCUT2D eigenvalue weighted by atomic mass is 14.7. The van der Waals surface area contributed by atoms with Gasteiger partial charge in [0.1, 0.15) is 0 Å². The molecule has 3 aromatic rings. The number of rotatable bonds is 9. The first-order valence-electron chi connectivity index (χ1n) is 14.2. The van der Waals surface area contributed by atoms with Gasteiger partial charge in [-0.15, -0.1) is 0 Å². The summed E-state index contributed by atoms with van der Waals surface area (Å²) in [6.45, 7) is 19.0. The average molecular weight is 528 g/mol. The lowest BCUT2D eigenvalue weighted by Gasteiger charge is -2.17. The zero-order valence-corrected chi connectivity index (χ0v) is 25.4. The van der Waals surface area contributed by atoms with Crippen LogP contribution in [0.25, 0.3) is 0 Å². The van der Waals surface area contributed by atoms with Gasteiger partial charge in [0, 0.05) is 29.5 Å². The molecule has 1 heteroatoms. The third-order valence-electron chi connectivity index (χ3n) is 6.54. The van der Waals surface area contributed by atoms with Crippen LogP contribution in [0.4, 0.5) is 0 Å². The van der Waals surface area contributed by atoms with Crippen molar-refractivity contribution in [2.24, 2.45) is 4.99 Å². The number of aryl methyl sites for hydroxylation is 1. The molecule has 0 amide bonds. The smallest absolute Gasteiger partial charge is 0.0391 e. The fraction of sp³-hybridized carbons (Fsp3) is 0.256. The summed E-state index contributed by atoms with van der Waals surface area (Å²) < 4.78 is 0. The molecule has 3 aromatic carbocycles. The van der Waals surface area contributed by atoms with Gasteiger partial charge in [0.15, 0.2) is 0 Å². The first kappa shape index (κ1) is 32.1. The minimum Gasteiger partial charge on any atom is -0.293 e. The highest BCUT2D eigenvalue weighted by molar-refractivity contribution is 6.04. The Balaban J connectivity index is 0.000000315. The van der Waals surface area contributed by atoms with Crippen LogP contribution in [0, 0.1) is 11.8 Å². The molecule has 0 bridgehead atoms. The van der Waals surface area contributed by atoms with Gasteiger partial charge >= 0.3 is 0 Å². The van der Waals surface area contributed by atoms with Crippen molar-refractivity contribution in [3.63, 3.8) is 0 Å². The van der Waals surface area contributed by atoms with Gasteiger partial charge in [-0.3, -0.25) is 4.99 Å². The van der Waals surface area contributed by atoms with Crippen LogP contribution >= 0.6 is 0 Å². The molecule has 40 heavy (non-hydrogen) atoms. The molecule has 0 aromatic heterocycles. The Labute approximate surface area is 243 Å². The van der Waals surface area contributed by atoms with Crippen LogP contribution in [0.2, 0.25) is 0 Å². The predicted molar refractivity (Wildman–Crippen MR) is 177 cm³/mol. The van der Waals surface area contributed by atoms with E-state index in [0.29, 0.717) is 0 Å². The van der Waals surface area contributed by atoms with Crippen molar-refractivity contribution in [2.75, 3.05) is 7.05 Å². The Morgan fingerprint density at radius 3 is 1.85 bits per heavy atom. The summed E-state index contributed by atoms with van der Waals surface area (Å²) >= 11 is 0. The second-order valence-corrected chi connectivity index (χ2v) is 10.1. The van der Waals surface area contributed by atoms with Crippen LogP contribution in [0.3, 0.4) is 0 Å². The molecule has 0 unspecified atom stereocenters. The van der Waals surface area contributed by atoms with E-state index >= 15 is 0 Å². The Kier molecular flexibility index (Phi) is 14.0. The molecule has 0 atom stereocenters. The van der Waals surface area contributed by atoms with Crippen LogP contribution in [0.5, 0.6) is 0 Å². The molecule has 3 rings (SSSR count). The fourth-order valence-corrected chi connectivity index (χ4v) is 4.33. The first-order chi connectivity index (χ1) is 19.3. The molecule has 0 heterocycles. The van der Waals surface area contributed by atoms with E-state index in [-0.39, 0.29) is 0 Å². The van der Waals surface area contributed by atoms with Gasteiger partial charge in [0.2, 0.25) is 0 Å². The van der Waals surface area contributed by atoms with E-state index in [1.165, 1.54) is 22.3 Å². The molecule has 0 saturated heterocycles. The monoisotopic (exact) mass is 527 g/mol. The summed E-state index contributed by atoms with van der Waals surface area (Å²) in [5.74, 6) is 6.31. The molecule has 0 aliphatic rings. The minimum atomic E-state index is 0.777. The van der Waals surface area contributed by atoms with Crippen LogP contribution in [0.1, 0.15) is 69.7 Å². The molecular weight excluding hydrogens is 482 g/mol. The summed E-state index contributed by atoms with van der Waals surface area (Å²) in [7, 11) is 1.82. The molecule has 0 spiro atoms. The Bertz CT molecular complexity index is 1380. The lowest BCUT2D eigenvalue weighted by Crippen LogP contribution is -2.06. The maximum atomic E-state index is 4.39. The van der Waals surface area contributed by atoms with E-state index in [2.05, 4.69) is 112 Å². The number of aliphatic imine (C=N–C) groups is 1. The maximum Gasteiger partial charge on any atom is 0.0391 e. The standard InChI is InChI=1S/C24H29N.C15H16/c1-8-12-20(5)23(24(18(2)3)21(6)25-7)17-19(4)15-16-22-13-10-9-11-14-22;1-2-13-8-10-15(11-9-13)12-14-6-4-3-5-7-14/h9-11,13-14,17H,4-5,8,12H2,1-3,6-7H3;3-11H,2,12H2,1H3/b23-17-,25-21?;. The average Bonchev–Trinajstić information content (AvgIpc) is 2.97. The zero-order valence-electron chi connectivity index (χ0n) is 25.4. The lowest BCUT2D eigenvalue weighted by molar-refractivity contribution is 0.918. The molecule has 1 nitrogen and oxygen atoms in total. The van der Waals surface area contributed by atoms with Crippen molar-refractivity contribution in [1.29, 1.82) is 0 Å².